The summed E-state index contributed by atoms with van der Waals surface area (Å²) in [5.74, 6) is 0. The molecule has 1 unspecified atom stereocenters. The van der Waals surface area contributed by atoms with Crippen LogP contribution in [0.2, 0.25) is 0 Å². The highest BCUT2D eigenvalue weighted by Crippen LogP contribution is 2.27. The average Bonchev–Trinajstić information content (AvgIpc) is 2.51. The molecule has 0 bridgehead atoms. The summed E-state index contributed by atoms with van der Waals surface area (Å²) in [4.78, 5) is 24.9. The van der Waals surface area contributed by atoms with Crippen molar-refractivity contribution in [2.24, 2.45) is 0 Å². The first-order valence-electron chi connectivity index (χ1n) is 4.94. The molecule has 1 saturated heterocycles. The fraction of sp³-hybridized carbons (Fsp3) is 0.556. The summed E-state index contributed by atoms with van der Waals surface area (Å²) in [6, 6.07) is 0. The number of H-pyrrole nitrogens is 1. The summed E-state index contributed by atoms with van der Waals surface area (Å²) in [7, 11) is 0. The van der Waals surface area contributed by atoms with Gasteiger partial charge in [0.1, 0.15) is 12.2 Å². The van der Waals surface area contributed by atoms with E-state index in [2.05, 4.69) is 4.98 Å². The number of nitrogens with one attached hydrogen (secondary N) is 1. The molecule has 0 aromatic carbocycles. The number of halogens is 1. The van der Waals surface area contributed by atoms with Gasteiger partial charge >= 0.3 is 5.69 Å². The lowest BCUT2D eigenvalue weighted by atomic mass is 10.1. The highest BCUT2D eigenvalue weighted by atomic mass is 127. The molecule has 0 radical (unpaired) electrons. The van der Waals surface area contributed by atoms with Crippen molar-refractivity contribution in [3.8, 4) is 0 Å². The first kappa shape index (κ1) is 12.7. The van der Waals surface area contributed by atoms with Crippen LogP contribution >= 0.6 is 22.6 Å². The Labute approximate surface area is 109 Å². The van der Waals surface area contributed by atoms with E-state index in [1.807, 2.05) is 0 Å². The number of aromatic nitrogens is 2. The minimum Gasteiger partial charge on any atom is -0.388 e. The summed E-state index contributed by atoms with van der Waals surface area (Å²) in [5.41, 5.74) is -1.17. The third-order valence-electron chi connectivity index (χ3n) is 2.68. The molecule has 1 fully saturated rings. The van der Waals surface area contributed by atoms with Crippen molar-refractivity contribution in [3.05, 3.63) is 30.6 Å². The normalized spacial score (nSPS) is 32.9. The molecule has 1 aliphatic heterocycles. The number of aliphatic hydroxyl groups excluding tert-OH is 2. The zero-order chi connectivity index (χ0) is 12.7. The van der Waals surface area contributed by atoms with Crippen molar-refractivity contribution in [3.63, 3.8) is 0 Å². The second-order valence-corrected chi connectivity index (χ2v) is 5.02. The maximum Gasteiger partial charge on any atom is 0.330 e. The van der Waals surface area contributed by atoms with Crippen LogP contribution < -0.4 is 11.2 Å². The van der Waals surface area contributed by atoms with Gasteiger partial charge in [0.15, 0.2) is 6.23 Å². The average molecular weight is 354 g/mol. The van der Waals surface area contributed by atoms with Gasteiger partial charge in [-0.3, -0.25) is 14.3 Å². The van der Waals surface area contributed by atoms with E-state index in [-0.39, 0.29) is 0 Å². The Hall–Kier alpha value is -0.710. The van der Waals surface area contributed by atoms with E-state index in [4.69, 9.17) is 4.74 Å². The molecule has 2 heterocycles. The van der Waals surface area contributed by atoms with Gasteiger partial charge in [0, 0.05) is 6.20 Å². The van der Waals surface area contributed by atoms with Gasteiger partial charge in [-0.05, 0) is 29.5 Å². The number of aromatic amines is 1. The van der Waals surface area contributed by atoms with Crippen LogP contribution in [0.5, 0.6) is 0 Å². The molecule has 1 aromatic rings. The SMILES string of the molecule is C[C@H]1OC(n2cc(I)c(=O)[nH]c2=O)[C@@H](O)[C@H]1O. The van der Waals surface area contributed by atoms with Gasteiger partial charge in [-0.15, -0.1) is 0 Å². The molecule has 0 saturated carbocycles. The van der Waals surface area contributed by atoms with Crippen LogP contribution in [0.15, 0.2) is 15.8 Å². The topological polar surface area (TPSA) is 105 Å². The van der Waals surface area contributed by atoms with E-state index in [1.165, 1.54) is 6.20 Å². The maximum atomic E-state index is 11.6. The molecule has 2 rings (SSSR count). The van der Waals surface area contributed by atoms with Crippen molar-refractivity contribution < 1.29 is 14.9 Å². The fourth-order valence-corrected chi connectivity index (χ4v) is 2.14. The molecule has 3 N–H and O–H groups in total. The number of hydrogen-bond acceptors (Lipinski definition) is 5. The van der Waals surface area contributed by atoms with Crippen molar-refractivity contribution in [2.45, 2.75) is 31.5 Å². The molecule has 8 heteroatoms. The third-order valence-corrected chi connectivity index (χ3v) is 3.44. The van der Waals surface area contributed by atoms with Gasteiger partial charge in [0.2, 0.25) is 0 Å². The Balaban J connectivity index is 2.46. The molecule has 0 aliphatic carbocycles. The fourth-order valence-electron chi connectivity index (χ4n) is 1.71. The Morgan fingerprint density at radius 3 is 2.59 bits per heavy atom. The number of ether oxygens (including phenoxy) is 1. The van der Waals surface area contributed by atoms with Crippen LogP contribution in [0.25, 0.3) is 0 Å². The van der Waals surface area contributed by atoms with Gasteiger partial charge in [0.05, 0.1) is 9.67 Å². The van der Waals surface area contributed by atoms with Gasteiger partial charge < -0.3 is 14.9 Å². The first-order valence-corrected chi connectivity index (χ1v) is 6.02. The molecular formula is C9H11IN2O5. The van der Waals surface area contributed by atoms with E-state index in [1.54, 1.807) is 29.5 Å². The van der Waals surface area contributed by atoms with E-state index < -0.39 is 35.8 Å². The largest absolute Gasteiger partial charge is 0.388 e. The summed E-state index contributed by atoms with van der Waals surface area (Å²) in [5, 5.41) is 19.3. The van der Waals surface area contributed by atoms with Gasteiger partial charge in [-0.25, -0.2) is 4.79 Å². The summed E-state index contributed by atoms with van der Waals surface area (Å²) < 4.78 is 6.65. The van der Waals surface area contributed by atoms with Crippen LogP contribution in [-0.2, 0) is 4.74 Å². The summed E-state index contributed by atoms with van der Waals surface area (Å²) in [6.45, 7) is 1.59. The van der Waals surface area contributed by atoms with Crippen LogP contribution in [0.4, 0.5) is 0 Å². The predicted molar refractivity (Wildman–Crippen MR) is 65.6 cm³/mol. The Kier molecular flexibility index (Phi) is 3.39. The second kappa shape index (κ2) is 4.52. The van der Waals surface area contributed by atoms with Crippen LogP contribution in [0, 0.1) is 3.57 Å². The summed E-state index contributed by atoms with van der Waals surface area (Å²) in [6.07, 6.45) is -2.54. The Morgan fingerprint density at radius 2 is 2.06 bits per heavy atom. The zero-order valence-electron chi connectivity index (χ0n) is 8.83. The number of aliphatic hydroxyl groups is 2. The lowest BCUT2D eigenvalue weighted by molar-refractivity contribution is -0.0352. The summed E-state index contributed by atoms with van der Waals surface area (Å²) >= 11 is 1.77. The molecule has 0 spiro atoms. The highest BCUT2D eigenvalue weighted by Gasteiger charge is 2.41. The molecule has 17 heavy (non-hydrogen) atoms. The van der Waals surface area contributed by atoms with E-state index in [0.29, 0.717) is 3.57 Å². The molecule has 1 aromatic heterocycles. The quantitative estimate of drug-likeness (QED) is 0.549. The van der Waals surface area contributed by atoms with Gasteiger partial charge in [-0.1, -0.05) is 0 Å². The van der Waals surface area contributed by atoms with Crippen molar-refractivity contribution in [1.29, 1.82) is 0 Å². The van der Waals surface area contributed by atoms with Gasteiger partial charge in [0.25, 0.3) is 5.56 Å². The van der Waals surface area contributed by atoms with Gasteiger partial charge in [-0.2, -0.15) is 0 Å². The second-order valence-electron chi connectivity index (χ2n) is 3.86. The molecule has 4 atom stereocenters. The monoisotopic (exact) mass is 354 g/mol. The molecule has 1 aliphatic rings. The van der Waals surface area contributed by atoms with Crippen LogP contribution in [0.3, 0.4) is 0 Å². The minimum atomic E-state index is -1.20. The van der Waals surface area contributed by atoms with E-state index in [0.717, 1.165) is 4.57 Å². The zero-order valence-corrected chi connectivity index (χ0v) is 11.0. The minimum absolute atomic E-state index is 0.298. The molecular weight excluding hydrogens is 343 g/mol. The maximum absolute atomic E-state index is 11.6. The van der Waals surface area contributed by atoms with Crippen molar-refractivity contribution >= 4 is 22.6 Å². The smallest absolute Gasteiger partial charge is 0.330 e. The standard InChI is InChI=1S/C9H11IN2O5/c1-3-5(13)6(14)8(17-3)12-2-4(10)7(15)11-9(12)16/h2-3,5-6,8,13-14H,1H3,(H,11,15,16)/t3-,5+,6+,8?/m1/s1. The molecule has 94 valence electrons. The molecule has 0 amide bonds. The lowest BCUT2D eigenvalue weighted by Crippen LogP contribution is -2.38. The predicted octanol–water partition coefficient (Wildman–Crippen LogP) is -1.22. The van der Waals surface area contributed by atoms with Crippen LogP contribution in [-0.4, -0.2) is 38.1 Å². The number of hydrogen-bond donors (Lipinski definition) is 3. The number of rotatable bonds is 1. The van der Waals surface area contributed by atoms with Crippen LogP contribution in [0.1, 0.15) is 13.2 Å². The Bertz CT molecular complexity index is 539. The van der Waals surface area contributed by atoms with E-state index in [9.17, 15) is 19.8 Å². The Morgan fingerprint density at radius 1 is 1.41 bits per heavy atom. The third kappa shape index (κ3) is 2.17. The highest BCUT2D eigenvalue weighted by molar-refractivity contribution is 14.1. The van der Waals surface area contributed by atoms with Crippen molar-refractivity contribution in [1.82, 2.24) is 9.55 Å². The van der Waals surface area contributed by atoms with Crippen molar-refractivity contribution in [2.75, 3.05) is 0 Å². The van der Waals surface area contributed by atoms with E-state index >= 15 is 0 Å². The molecule has 7 nitrogen and oxygen atoms in total. The first-order chi connectivity index (χ1) is 7.91. The lowest BCUT2D eigenvalue weighted by Gasteiger charge is -2.17. The number of nitrogens with zero attached hydrogens (tertiary/aromatic N) is 1.